The van der Waals surface area contributed by atoms with E-state index in [0.717, 1.165) is 12.1 Å². The molecule has 52 heavy (non-hydrogen) atoms. The Morgan fingerprint density at radius 1 is 0.462 bits per heavy atom. The van der Waals surface area contributed by atoms with Gasteiger partial charge >= 0.3 is 6.03 Å². The molecule has 0 saturated heterocycles. The molecule has 4 amide bonds. The summed E-state index contributed by atoms with van der Waals surface area (Å²) in [5.74, 6) is -2.17. The Labute approximate surface area is 295 Å². The van der Waals surface area contributed by atoms with Crippen LogP contribution in [-0.2, 0) is 20.2 Å². The average molecular weight is 743 g/mol. The zero-order valence-corrected chi connectivity index (χ0v) is 28.0. The van der Waals surface area contributed by atoms with E-state index in [1.807, 2.05) is 0 Å². The molecule has 6 aromatic rings. The van der Waals surface area contributed by atoms with Gasteiger partial charge in [-0.2, -0.15) is 16.8 Å². The number of phenols is 2. The monoisotopic (exact) mass is 742 g/mol. The summed E-state index contributed by atoms with van der Waals surface area (Å²) in [6, 6.07) is 23.9. The Hall–Kier alpha value is -6.53. The number of hydrogen-bond donors (Lipinski definition) is 8. The lowest BCUT2D eigenvalue weighted by molar-refractivity contribution is 0.101. The van der Waals surface area contributed by atoms with Crippen molar-refractivity contribution in [3.63, 3.8) is 0 Å². The number of benzene rings is 6. The predicted octanol–water partition coefficient (Wildman–Crippen LogP) is 6.05. The number of nitrogens with one attached hydrogen (secondary N) is 4. The largest absolute Gasteiger partial charge is 0.508 e. The number of urea groups is 1. The van der Waals surface area contributed by atoms with Crippen molar-refractivity contribution in [3.05, 3.63) is 120 Å². The summed E-state index contributed by atoms with van der Waals surface area (Å²) in [7, 11) is -9.39. The third-order valence-electron chi connectivity index (χ3n) is 7.70. The quantitative estimate of drug-likeness (QED) is 0.0834. The van der Waals surface area contributed by atoms with E-state index >= 15 is 0 Å². The molecule has 0 aliphatic heterocycles. The van der Waals surface area contributed by atoms with Gasteiger partial charge in [-0.15, -0.1) is 0 Å². The van der Waals surface area contributed by atoms with Crippen LogP contribution >= 0.6 is 0 Å². The smallest absolute Gasteiger partial charge is 0.323 e. The molecule has 0 spiro atoms. The van der Waals surface area contributed by atoms with Gasteiger partial charge in [0.2, 0.25) is 0 Å². The molecular weight excluding hydrogens is 717 g/mol. The van der Waals surface area contributed by atoms with Crippen molar-refractivity contribution >= 4 is 82.4 Å². The van der Waals surface area contributed by atoms with E-state index in [4.69, 9.17) is 0 Å². The van der Waals surface area contributed by atoms with Crippen molar-refractivity contribution in [1.29, 1.82) is 0 Å². The fourth-order valence-electron chi connectivity index (χ4n) is 5.48. The van der Waals surface area contributed by atoms with Crippen LogP contribution < -0.4 is 21.3 Å². The second-order valence-corrected chi connectivity index (χ2v) is 14.1. The Bertz CT molecular complexity index is 2500. The normalized spacial score (nSPS) is 11.6. The van der Waals surface area contributed by atoms with Gasteiger partial charge in [0, 0.05) is 67.6 Å². The molecular formula is C35H26N4O11S2. The van der Waals surface area contributed by atoms with Crippen molar-refractivity contribution < 1.29 is 50.5 Å². The van der Waals surface area contributed by atoms with Crippen LogP contribution in [0.2, 0.25) is 0 Å². The van der Waals surface area contributed by atoms with Crippen LogP contribution in [0.1, 0.15) is 20.7 Å². The van der Waals surface area contributed by atoms with Crippen LogP contribution in [0.25, 0.3) is 21.5 Å². The summed E-state index contributed by atoms with van der Waals surface area (Å²) >= 11 is 0. The highest BCUT2D eigenvalue weighted by Gasteiger charge is 2.20. The Morgan fingerprint density at radius 2 is 0.846 bits per heavy atom. The maximum atomic E-state index is 13.2. The van der Waals surface area contributed by atoms with Crippen molar-refractivity contribution in [2.75, 3.05) is 21.3 Å². The lowest BCUT2D eigenvalue weighted by atomic mass is 10.1. The Kier molecular flexibility index (Phi) is 9.26. The molecule has 15 nitrogen and oxygen atoms in total. The number of aromatic hydroxyl groups is 2. The predicted molar refractivity (Wildman–Crippen MR) is 192 cm³/mol. The van der Waals surface area contributed by atoms with Gasteiger partial charge in [-0.25, -0.2) is 4.79 Å². The molecule has 0 atom stereocenters. The van der Waals surface area contributed by atoms with E-state index in [2.05, 4.69) is 21.3 Å². The molecule has 0 aliphatic carbocycles. The molecule has 6 aromatic carbocycles. The standard InChI is InChI=1S/C35H26N4O11S2/c40-23-15-27-25(31(17-23)51(45,46)47)9-3-11-29(27)38-33(42)19-5-1-7-21(13-19)36-35(44)37-22-8-2-6-20(14-22)34(43)39-30-12-4-10-26-28(30)16-24(41)18-32(26)52(48,49)50/h1-18,40-41H,(H,38,42)(H,39,43)(H2,36,37,44)(H,45,46,47)(H,48,49,50). The fourth-order valence-corrected chi connectivity index (χ4v) is 6.93. The number of carbonyl (C=O) groups is 3. The van der Waals surface area contributed by atoms with Gasteiger partial charge in [-0.1, -0.05) is 36.4 Å². The van der Waals surface area contributed by atoms with Crippen LogP contribution in [-0.4, -0.2) is 54.0 Å². The molecule has 0 aliphatic rings. The lowest BCUT2D eigenvalue weighted by Gasteiger charge is -2.13. The van der Waals surface area contributed by atoms with Crippen LogP contribution in [0.15, 0.2) is 119 Å². The number of amides is 4. The summed E-state index contributed by atoms with van der Waals surface area (Å²) in [6.07, 6.45) is 0. The van der Waals surface area contributed by atoms with Crippen molar-refractivity contribution in [2.45, 2.75) is 9.79 Å². The highest BCUT2D eigenvalue weighted by Crippen LogP contribution is 2.34. The van der Waals surface area contributed by atoms with Crippen molar-refractivity contribution in [2.24, 2.45) is 0 Å². The fraction of sp³-hybridized carbons (Fsp3) is 0. The molecule has 0 unspecified atom stereocenters. The van der Waals surface area contributed by atoms with Crippen LogP contribution in [0, 0.1) is 0 Å². The van der Waals surface area contributed by atoms with Gasteiger partial charge < -0.3 is 31.5 Å². The number of phenolic OH excluding ortho intramolecular Hbond substituents is 2. The van der Waals surface area contributed by atoms with E-state index in [9.17, 15) is 50.5 Å². The van der Waals surface area contributed by atoms with E-state index in [1.54, 1.807) is 0 Å². The Morgan fingerprint density at radius 3 is 1.23 bits per heavy atom. The molecule has 0 fully saturated rings. The third-order valence-corrected chi connectivity index (χ3v) is 9.49. The van der Waals surface area contributed by atoms with E-state index in [0.29, 0.717) is 0 Å². The average Bonchev–Trinajstić information content (AvgIpc) is 3.07. The van der Waals surface area contributed by atoms with Crippen molar-refractivity contribution in [3.8, 4) is 11.5 Å². The Balaban J connectivity index is 1.15. The van der Waals surface area contributed by atoms with E-state index in [-0.39, 0.29) is 55.4 Å². The van der Waals surface area contributed by atoms with Gasteiger partial charge in [-0.05, 0) is 60.7 Å². The summed E-state index contributed by atoms with van der Waals surface area (Å²) in [5, 5.41) is 31.0. The molecule has 0 heterocycles. The first kappa shape index (κ1) is 35.3. The minimum absolute atomic E-state index is 0.0647. The number of carbonyl (C=O) groups excluding carboxylic acids is 3. The van der Waals surface area contributed by atoms with Gasteiger partial charge in [0.05, 0.1) is 0 Å². The highest BCUT2D eigenvalue weighted by molar-refractivity contribution is 7.86. The molecule has 8 N–H and O–H groups in total. The first-order chi connectivity index (χ1) is 24.6. The molecule has 0 radical (unpaired) electrons. The third kappa shape index (κ3) is 7.62. The summed E-state index contributed by atoms with van der Waals surface area (Å²) in [4.78, 5) is 38.2. The van der Waals surface area contributed by atoms with Gasteiger partial charge in [0.25, 0.3) is 32.1 Å². The van der Waals surface area contributed by atoms with Gasteiger partial charge in [-0.3, -0.25) is 18.7 Å². The maximum Gasteiger partial charge on any atom is 0.323 e. The minimum atomic E-state index is -4.69. The number of rotatable bonds is 8. The molecule has 6 rings (SSSR count). The van der Waals surface area contributed by atoms with E-state index < -0.39 is 59.4 Å². The maximum absolute atomic E-state index is 13.2. The minimum Gasteiger partial charge on any atom is -0.508 e. The lowest BCUT2D eigenvalue weighted by Crippen LogP contribution is -2.20. The van der Waals surface area contributed by atoms with Crippen LogP contribution in [0.4, 0.5) is 27.5 Å². The van der Waals surface area contributed by atoms with Crippen LogP contribution in [0.5, 0.6) is 11.5 Å². The molecule has 17 heteroatoms. The van der Waals surface area contributed by atoms with Crippen LogP contribution in [0.3, 0.4) is 0 Å². The number of fused-ring (bicyclic) bond motifs is 2. The first-order valence-electron chi connectivity index (χ1n) is 14.9. The van der Waals surface area contributed by atoms with Gasteiger partial charge in [0.1, 0.15) is 21.3 Å². The second-order valence-electron chi connectivity index (χ2n) is 11.3. The number of anilines is 4. The molecule has 264 valence electrons. The van der Waals surface area contributed by atoms with E-state index in [1.165, 1.54) is 97.1 Å². The second kappa shape index (κ2) is 13.6. The highest BCUT2D eigenvalue weighted by atomic mass is 32.2. The summed E-state index contributed by atoms with van der Waals surface area (Å²) < 4.78 is 66.7. The molecule has 0 bridgehead atoms. The number of hydrogen-bond acceptors (Lipinski definition) is 9. The van der Waals surface area contributed by atoms with Gasteiger partial charge in [0.15, 0.2) is 0 Å². The molecule has 0 saturated carbocycles. The summed E-state index contributed by atoms with van der Waals surface area (Å²) in [6.45, 7) is 0. The summed E-state index contributed by atoms with van der Waals surface area (Å²) in [5.41, 5.74) is 0.927. The van der Waals surface area contributed by atoms with Crippen molar-refractivity contribution in [1.82, 2.24) is 0 Å². The zero-order chi connectivity index (χ0) is 37.4. The topological polar surface area (TPSA) is 249 Å². The first-order valence-corrected chi connectivity index (χ1v) is 17.8. The molecule has 0 aromatic heterocycles. The zero-order valence-electron chi connectivity index (χ0n) is 26.4. The SMILES string of the molecule is O=C(Nc1cccc(C(=O)Nc2cccc3c(S(=O)(=O)O)cc(O)cc23)c1)Nc1cccc(C(=O)Nc2cccc3c(S(=O)(=O)O)cc(O)cc23)c1.